The van der Waals surface area contributed by atoms with E-state index in [1.165, 1.54) is 5.56 Å². The molecule has 3 nitrogen and oxygen atoms in total. The van der Waals surface area contributed by atoms with Crippen molar-refractivity contribution in [3.63, 3.8) is 0 Å². The lowest BCUT2D eigenvalue weighted by Gasteiger charge is -2.25. The summed E-state index contributed by atoms with van der Waals surface area (Å²) in [5.74, 6) is 0.129. The number of ether oxygens (including phenoxy) is 1. The van der Waals surface area contributed by atoms with Crippen LogP contribution in [0.15, 0.2) is 42.7 Å². The first-order valence-corrected chi connectivity index (χ1v) is 7.55. The third-order valence-corrected chi connectivity index (χ3v) is 3.83. The Morgan fingerprint density at radius 3 is 2.50 bits per heavy atom. The van der Waals surface area contributed by atoms with E-state index in [0.29, 0.717) is 11.5 Å². The molecule has 3 heteroatoms. The second-order valence-electron chi connectivity index (χ2n) is 6.37. The molecular weight excluding hydrogens is 274 g/mol. The zero-order valence-corrected chi connectivity index (χ0v) is 13.9. The molecule has 2 rings (SSSR count). The van der Waals surface area contributed by atoms with Crippen LogP contribution in [0.25, 0.3) is 0 Å². The lowest BCUT2D eigenvalue weighted by molar-refractivity contribution is -0.00327. The Labute approximate surface area is 132 Å². The molecule has 0 aliphatic carbocycles. The molecule has 116 valence electrons. The first-order chi connectivity index (χ1) is 10.3. The van der Waals surface area contributed by atoms with Crippen LogP contribution in [0.2, 0.25) is 0 Å². The van der Waals surface area contributed by atoms with Crippen molar-refractivity contribution in [3.05, 3.63) is 65.0 Å². The topological polar surface area (TPSA) is 39.2 Å². The van der Waals surface area contributed by atoms with E-state index in [-0.39, 0.29) is 5.97 Å². The van der Waals surface area contributed by atoms with Crippen molar-refractivity contribution in [2.75, 3.05) is 0 Å². The molecule has 0 unspecified atom stereocenters. The van der Waals surface area contributed by atoms with Crippen LogP contribution in [0.4, 0.5) is 0 Å². The lowest BCUT2D eigenvalue weighted by atomic mass is 9.96. The van der Waals surface area contributed by atoms with Gasteiger partial charge in [0.25, 0.3) is 0 Å². The number of hydrogen-bond donors (Lipinski definition) is 0. The fourth-order valence-corrected chi connectivity index (χ4v) is 2.52. The minimum atomic E-state index is -0.712. The zero-order valence-electron chi connectivity index (χ0n) is 13.9. The van der Waals surface area contributed by atoms with E-state index in [1.54, 1.807) is 12.4 Å². The van der Waals surface area contributed by atoms with E-state index < -0.39 is 5.60 Å². The van der Waals surface area contributed by atoms with Gasteiger partial charge in [0, 0.05) is 18.0 Å². The molecule has 1 aromatic heterocycles. The van der Waals surface area contributed by atoms with Crippen molar-refractivity contribution in [2.24, 2.45) is 0 Å². The van der Waals surface area contributed by atoms with Crippen LogP contribution in [0.3, 0.4) is 0 Å². The summed E-state index contributed by atoms with van der Waals surface area (Å²) in [5.41, 5.74) is 3.11. The molecule has 0 radical (unpaired) electrons. The number of nitrogens with zero attached hydrogens (tertiary/aromatic N) is 1. The van der Waals surface area contributed by atoms with Crippen molar-refractivity contribution >= 4 is 5.97 Å². The van der Waals surface area contributed by atoms with E-state index >= 15 is 0 Å². The average Bonchev–Trinajstić information content (AvgIpc) is 2.47. The van der Waals surface area contributed by atoms with Gasteiger partial charge in [0.05, 0.1) is 5.56 Å². The van der Waals surface area contributed by atoms with Crippen molar-refractivity contribution in [3.8, 4) is 0 Å². The van der Waals surface area contributed by atoms with Gasteiger partial charge in [0.1, 0.15) is 5.60 Å². The molecule has 0 spiro atoms. The Balaban J connectivity index is 2.21. The molecule has 0 aliphatic heterocycles. The number of carbonyl (C=O) groups is 1. The van der Waals surface area contributed by atoms with Crippen LogP contribution in [-0.2, 0) is 10.3 Å². The molecule has 0 saturated heterocycles. The summed E-state index contributed by atoms with van der Waals surface area (Å²) in [6.07, 6.45) is 3.43. The van der Waals surface area contributed by atoms with E-state index in [9.17, 15) is 4.79 Å². The Kier molecular flexibility index (Phi) is 4.65. The number of esters is 1. The highest BCUT2D eigenvalue weighted by Crippen LogP contribution is 2.26. The number of aryl methyl sites for hydroxylation is 1. The smallest absolute Gasteiger partial charge is 0.339 e. The van der Waals surface area contributed by atoms with Crippen LogP contribution in [0, 0.1) is 6.92 Å². The third kappa shape index (κ3) is 3.53. The number of pyridine rings is 1. The minimum absolute atomic E-state index is 0.313. The summed E-state index contributed by atoms with van der Waals surface area (Å²) in [6.45, 7) is 10.1. The summed E-state index contributed by atoms with van der Waals surface area (Å²) < 4.78 is 5.69. The summed E-state index contributed by atoms with van der Waals surface area (Å²) in [6, 6.07) is 9.49. The van der Waals surface area contributed by atoms with Gasteiger partial charge in [-0.1, -0.05) is 26.0 Å². The Bertz CT molecular complexity index is 660. The highest BCUT2D eigenvalue weighted by molar-refractivity contribution is 5.90. The van der Waals surface area contributed by atoms with Gasteiger partial charge in [-0.15, -0.1) is 0 Å². The normalized spacial score (nSPS) is 11.5. The summed E-state index contributed by atoms with van der Waals surface area (Å²) in [4.78, 5) is 16.5. The molecule has 22 heavy (non-hydrogen) atoms. The summed E-state index contributed by atoms with van der Waals surface area (Å²) in [7, 11) is 0. The van der Waals surface area contributed by atoms with Gasteiger partial charge >= 0.3 is 5.97 Å². The van der Waals surface area contributed by atoms with Crippen LogP contribution >= 0.6 is 0 Å². The first-order valence-electron chi connectivity index (χ1n) is 7.55. The molecule has 0 saturated carbocycles. The zero-order chi connectivity index (χ0) is 16.3. The fraction of sp³-hybridized carbons (Fsp3) is 0.368. The predicted octanol–water partition coefficient (Wildman–Crippen LogP) is 4.61. The molecule has 0 aliphatic rings. The van der Waals surface area contributed by atoms with Gasteiger partial charge in [0.15, 0.2) is 0 Å². The standard InChI is InChI=1S/C19H23NO2/c1-13(2)17-9-8-15(11-14(17)3)18(21)22-19(4,5)16-7-6-10-20-12-16/h6-13H,1-5H3. The Hall–Kier alpha value is -2.16. The highest BCUT2D eigenvalue weighted by atomic mass is 16.6. The molecule has 1 aromatic carbocycles. The second-order valence-corrected chi connectivity index (χ2v) is 6.37. The molecular formula is C19H23NO2. The van der Waals surface area contributed by atoms with Gasteiger partial charge < -0.3 is 4.74 Å². The third-order valence-electron chi connectivity index (χ3n) is 3.83. The van der Waals surface area contributed by atoms with Gasteiger partial charge in [-0.3, -0.25) is 4.98 Å². The molecule has 0 N–H and O–H groups in total. The minimum Gasteiger partial charge on any atom is -0.451 e. The molecule has 0 fully saturated rings. The van der Waals surface area contributed by atoms with Crippen LogP contribution in [-0.4, -0.2) is 11.0 Å². The molecule has 0 bridgehead atoms. The highest BCUT2D eigenvalue weighted by Gasteiger charge is 2.26. The quantitative estimate of drug-likeness (QED) is 0.774. The Morgan fingerprint density at radius 1 is 1.23 bits per heavy atom. The molecule has 0 amide bonds. The van der Waals surface area contributed by atoms with Gasteiger partial charge in [-0.25, -0.2) is 4.79 Å². The van der Waals surface area contributed by atoms with E-state index in [2.05, 4.69) is 18.8 Å². The van der Waals surface area contributed by atoms with Gasteiger partial charge in [0.2, 0.25) is 0 Å². The van der Waals surface area contributed by atoms with Crippen molar-refractivity contribution in [2.45, 2.75) is 46.1 Å². The largest absolute Gasteiger partial charge is 0.451 e. The number of hydrogen-bond acceptors (Lipinski definition) is 3. The van der Waals surface area contributed by atoms with Crippen molar-refractivity contribution < 1.29 is 9.53 Å². The maximum atomic E-state index is 12.4. The van der Waals surface area contributed by atoms with Crippen LogP contribution in [0.5, 0.6) is 0 Å². The SMILES string of the molecule is Cc1cc(C(=O)OC(C)(C)c2cccnc2)ccc1C(C)C. The Morgan fingerprint density at radius 2 is 1.95 bits per heavy atom. The summed E-state index contributed by atoms with van der Waals surface area (Å²) >= 11 is 0. The fourth-order valence-electron chi connectivity index (χ4n) is 2.52. The van der Waals surface area contributed by atoms with E-state index in [4.69, 9.17) is 4.74 Å². The van der Waals surface area contributed by atoms with E-state index in [0.717, 1.165) is 11.1 Å². The number of carbonyl (C=O) groups excluding carboxylic acids is 1. The van der Waals surface area contributed by atoms with Crippen LogP contribution in [0.1, 0.15) is 60.7 Å². The second kappa shape index (κ2) is 6.30. The number of aromatic nitrogens is 1. The van der Waals surface area contributed by atoms with Crippen molar-refractivity contribution in [1.82, 2.24) is 4.98 Å². The predicted molar refractivity (Wildman–Crippen MR) is 87.9 cm³/mol. The van der Waals surface area contributed by atoms with Crippen LogP contribution < -0.4 is 0 Å². The van der Waals surface area contributed by atoms with E-state index in [1.807, 2.05) is 51.1 Å². The number of benzene rings is 1. The number of rotatable bonds is 4. The summed E-state index contributed by atoms with van der Waals surface area (Å²) in [5, 5.41) is 0. The van der Waals surface area contributed by atoms with Gasteiger partial charge in [-0.05, 0) is 56.0 Å². The maximum Gasteiger partial charge on any atom is 0.339 e. The monoisotopic (exact) mass is 297 g/mol. The maximum absolute atomic E-state index is 12.4. The first kappa shape index (κ1) is 16.2. The molecule has 2 aromatic rings. The molecule has 1 heterocycles. The lowest BCUT2D eigenvalue weighted by Crippen LogP contribution is -2.25. The average molecular weight is 297 g/mol. The van der Waals surface area contributed by atoms with Gasteiger partial charge in [-0.2, -0.15) is 0 Å². The molecule has 0 atom stereocenters. The van der Waals surface area contributed by atoms with Crippen molar-refractivity contribution in [1.29, 1.82) is 0 Å².